The van der Waals surface area contributed by atoms with Crippen molar-refractivity contribution in [3.05, 3.63) is 61.9 Å². The van der Waals surface area contributed by atoms with Crippen LogP contribution in [0.4, 0.5) is 10.1 Å². The van der Waals surface area contributed by atoms with Crippen LogP contribution in [0.3, 0.4) is 0 Å². The molecule has 2 aromatic carbocycles. The highest BCUT2D eigenvalue weighted by atomic mass is 35.5. The molecule has 2 rings (SSSR count). The van der Waals surface area contributed by atoms with Crippen LogP contribution < -0.4 is 4.74 Å². The summed E-state index contributed by atoms with van der Waals surface area (Å²) in [6.45, 7) is 0. The second-order valence-electron chi connectivity index (χ2n) is 3.85. The number of halogens is 3. The van der Waals surface area contributed by atoms with Crippen molar-refractivity contribution in [2.45, 2.75) is 0 Å². The fraction of sp³-hybridized carbons (Fsp3) is 0. The molecule has 0 heterocycles. The largest absolute Gasteiger partial charge is 0.453 e. The quantitative estimate of drug-likeness (QED) is 0.604. The summed E-state index contributed by atoms with van der Waals surface area (Å²) in [6.07, 6.45) is 0. The molecule has 106 valence electrons. The summed E-state index contributed by atoms with van der Waals surface area (Å²) < 4.78 is 19.0. The van der Waals surface area contributed by atoms with Crippen LogP contribution in [-0.2, 0) is 0 Å². The first-order valence-electron chi connectivity index (χ1n) is 5.43. The van der Waals surface area contributed by atoms with Crippen molar-refractivity contribution in [3.63, 3.8) is 0 Å². The van der Waals surface area contributed by atoms with E-state index in [4.69, 9.17) is 33.2 Å². The lowest BCUT2D eigenvalue weighted by atomic mass is 10.2. The molecule has 0 N–H and O–H groups in total. The van der Waals surface area contributed by atoms with Gasteiger partial charge < -0.3 is 4.74 Å². The third-order valence-electron chi connectivity index (χ3n) is 2.47. The van der Waals surface area contributed by atoms with Crippen molar-refractivity contribution >= 4 is 28.9 Å². The molecule has 2 aromatic rings. The number of hydrogen-bond acceptors (Lipinski definition) is 4. The van der Waals surface area contributed by atoms with Crippen LogP contribution in [0.2, 0.25) is 10.0 Å². The molecule has 0 bridgehead atoms. The number of nitro benzene ring substituents is 1. The Hall–Kier alpha value is -2.36. The molecule has 0 aliphatic heterocycles. The molecule has 0 spiro atoms. The van der Waals surface area contributed by atoms with Gasteiger partial charge in [0.15, 0.2) is 11.6 Å². The summed E-state index contributed by atoms with van der Waals surface area (Å²) in [5.74, 6) is -1.02. The first-order valence-corrected chi connectivity index (χ1v) is 6.19. The molecule has 0 aliphatic rings. The standard InChI is InChI=1S/C13H5Cl2FN2O3/c14-8-4-10(15)13(11(16)5-8)21-9-1-2-12(18(19)20)7(3-9)6-17/h1-5H. The van der Waals surface area contributed by atoms with E-state index in [-0.39, 0.29) is 32.8 Å². The molecule has 0 aliphatic carbocycles. The molecule has 0 saturated carbocycles. The summed E-state index contributed by atoms with van der Waals surface area (Å²) in [6, 6.07) is 7.43. The maximum Gasteiger partial charge on any atom is 0.287 e. The van der Waals surface area contributed by atoms with E-state index in [2.05, 4.69) is 0 Å². The Labute approximate surface area is 128 Å². The topological polar surface area (TPSA) is 76.2 Å². The average Bonchev–Trinajstić information content (AvgIpc) is 2.42. The van der Waals surface area contributed by atoms with Gasteiger partial charge in [0.2, 0.25) is 0 Å². The number of nitriles is 1. The minimum atomic E-state index is -0.788. The Kier molecular flexibility index (Phi) is 4.26. The summed E-state index contributed by atoms with van der Waals surface area (Å²) in [5.41, 5.74) is -0.574. The molecule has 8 heteroatoms. The summed E-state index contributed by atoms with van der Waals surface area (Å²) in [5, 5.41) is 19.6. The zero-order valence-electron chi connectivity index (χ0n) is 10.1. The lowest BCUT2D eigenvalue weighted by Gasteiger charge is -2.09. The normalized spacial score (nSPS) is 10.0. The predicted molar refractivity (Wildman–Crippen MR) is 74.3 cm³/mol. The predicted octanol–water partition coefficient (Wildman–Crippen LogP) is 4.70. The number of benzene rings is 2. The molecule has 0 fully saturated rings. The van der Waals surface area contributed by atoms with Crippen molar-refractivity contribution < 1.29 is 14.1 Å². The van der Waals surface area contributed by atoms with E-state index in [9.17, 15) is 14.5 Å². The maximum atomic E-state index is 13.7. The average molecular weight is 327 g/mol. The number of hydrogen-bond donors (Lipinski definition) is 0. The van der Waals surface area contributed by atoms with Crippen molar-refractivity contribution in [3.8, 4) is 17.6 Å². The fourth-order valence-corrected chi connectivity index (χ4v) is 2.08. The van der Waals surface area contributed by atoms with Gasteiger partial charge in [-0.2, -0.15) is 5.26 Å². The van der Waals surface area contributed by atoms with Crippen molar-refractivity contribution in [1.29, 1.82) is 5.26 Å². The molecule has 0 aromatic heterocycles. The molecule has 0 saturated heterocycles. The van der Waals surface area contributed by atoms with E-state index in [0.29, 0.717) is 0 Å². The van der Waals surface area contributed by atoms with Crippen molar-refractivity contribution in [2.24, 2.45) is 0 Å². The minimum Gasteiger partial charge on any atom is -0.453 e. The van der Waals surface area contributed by atoms with Gasteiger partial charge in [0, 0.05) is 17.2 Å². The van der Waals surface area contributed by atoms with Gasteiger partial charge in [0.1, 0.15) is 17.4 Å². The second-order valence-corrected chi connectivity index (χ2v) is 4.69. The van der Waals surface area contributed by atoms with E-state index >= 15 is 0 Å². The Morgan fingerprint density at radius 2 is 2.00 bits per heavy atom. The molecule has 0 atom stereocenters. The highest BCUT2D eigenvalue weighted by molar-refractivity contribution is 6.35. The third kappa shape index (κ3) is 3.21. The van der Waals surface area contributed by atoms with Gasteiger partial charge >= 0.3 is 0 Å². The van der Waals surface area contributed by atoms with Crippen molar-refractivity contribution in [2.75, 3.05) is 0 Å². The smallest absolute Gasteiger partial charge is 0.287 e. The Bertz CT molecular complexity index is 751. The second kappa shape index (κ2) is 5.95. The van der Waals surface area contributed by atoms with Crippen molar-refractivity contribution in [1.82, 2.24) is 0 Å². The maximum absolute atomic E-state index is 13.7. The molecule has 21 heavy (non-hydrogen) atoms. The molecule has 0 radical (unpaired) electrons. The van der Waals surface area contributed by atoms with Crippen LogP contribution in [0.5, 0.6) is 11.5 Å². The van der Waals surface area contributed by atoms with Crippen LogP contribution in [-0.4, -0.2) is 4.92 Å². The SMILES string of the molecule is N#Cc1cc(Oc2c(F)cc(Cl)cc2Cl)ccc1[N+](=O)[O-]. The zero-order valence-corrected chi connectivity index (χ0v) is 11.7. The third-order valence-corrected chi connectivity index (χ3v) is 2.97. The number of ether oxygens (including phenoxy) is 1. The summed E-state index contributed by atoms with van der Waals surface area (Å²) in [7, 11) is 0. The summed E-state index contributed by atoms with van der Waals surface area (Å²) >= 11 is 11.4. The zero-order chi connectivity index (χ0) is 15.6. The van der Waals surface area contributed by atoms with Gasteiger partial charge in [-0.15, -0.1) is 0 Å². The van der Waals surface area contributed by atoms with Gasteiger partial charge in [-0.25, -0.2) is 4.39 Å². The Morgan fingerprint density at radius 3 is 2.57 bits per heavy atom. The Morgan fingerprint density at radius 1 is 1.29 bits per heavy atom. The molecule has 5 nitrogen and oxygen atoms in total. The van der Waals surface area contributed by atoms with Crippen LogP contribution in [0, 0.1) is 27.3 Å². The number of rotatable bonds is 3. The number of nitrogens with zero attached hydrogens (tertiary/aromatic N) is 2. The first kappa shape index (κ1) is 15.0. The van der Waals surface area contributed by atoms with Gasteiger partial charge in [0.05, 0.1) is 9.95 Å². The minimum absolute atomic E-state index is 0.0419. The van der Waals surface area contributed by atoms with E-state index in [1.54, 1.807) is 6.07 Å². The highest BCUT2D eigenvalue weighted by Gasteiger charge is 2.17. The fourth-order valence-electron chi connectivity index (χ4n) is 1.57. The van der Waals surface area contributed by atoms with Crippen LogP contribution in [0.1, 0.15) is 5.56 Å². The Balaban J connectivity index is 2.42. The van der Waals surface area contributed by atoms with Crippen LogP contribution >= 0.6 is 23.2 Å². The number of nitro groups is 1. The van der Waals surface area contributed by atoms with Crippen LogP contribution in [0.25, 0.3) is 0 Å². The molecular weight excluding hydrogens is 322 g/mol. The summed E-state index contributed by atoms with van der Waals surface area (Å²) in [4.78, 5) is 10.0. The molecule has 0 unspecified atom stereocenters. The van der Waals surface area contributed by atoms with E-state index in [0.717, 1.165) is 18.2 Å². The van der Waals surface area contributed by atoms with Gasteiger partial charge in [-0.05, 0) is 18.2 Å². The van der Waals surface area contributed by atoms with Crippen LogP contribution in [0.15, 0.2) is 30.3 Å². The van der Waals surface area contributed by atoms with E-state index in [1.807, 2.05) is 0 Å². The lowest BCUT2D eigenvalue weighted by molar-refractivity contribution is -0.385. The molecule has 0 amide bonds. The monoisotopic (exact) mass is 326 g/mol. The van der Waals surface area contributed by atoms with E-state index in [1.165, 1.54) is 12.1 Å². The van der Waals surface area contributed by atoms with Gasteiger partial charge in [-0.3, -0.25) is 10.1 Å². The lowest BCUT2D eigenvalue weighted by Crippen LogP contribution is -1.94. The van der Waals surface area contributed by atoms with Gasteiger partial charge in [0.25, 0.3) is 5.69 Å². The van der Waals surface area contributed by atoms with Gasteiger partial charge in [-0.1, -0.05) is 23.2 Å². The first-order chi connectivity index (χ1) is 9.92. The highest BCUT2D eigenvalue weighted by Crippen LogP contribution is 2.35. The van der Waals surface area contributed by atoms with E-state index < -0.39 is 10.7 Å². The molecular formula is C13H5Cl2FN2O3.